The Hall–Kier alpha value is -0.373. The van der Waals surface area contributed by atoms with E-state index in [1.165, 1.54) is 12.1 Å². The Kier molecular flexibility index (Phi) is 9.04. The lowest BCUT2D eigenvalue weighted by atomic mass is 9.81. The van der Waals surface area contributed by atoms with Crippen molar-refractivity contribution in [3.63, 3.8) is 0 Å². The lowest BCUT2D eigenvalue weighted by molar-refractivity contribution is -0.163. The summed E-state index contributed by atoms with van der Waals surface area (Å²) >= 11 is 3.28. The monoisotopic (exact) mass is 466 g/mol. The van der Waals surface area contributed by atoms with E-state index in [4.69, 9.17) is 4.43 Å². The summed E-state index contributed by atoms with van der Waals surface area (Å²) in [6.45, 7) is 14.2. The van der Waals surface area contributed by atoms with Crippen molar-refractivity contribution in [3.8, 4) is 0 Å². The summed E-state index contributed by atoms with van der Waals surface area (Å²) in [5.74, 6) is 0.247. The summed E-state index contributed by atoms with van der Waals surface area (Å²) in [4.78, 5) is 0. The highest BCUT2D eigenvalue weighted by atomic mass is 79.9. The molecule has 27 heavy (non-hydrogen) atoms. The molecule has 1 rings (SSSR count). The lowest BCUT2D eigenvalue weighted by Crippen LogP contribution is -2.53. The van der Waals surface area contributed by atoms with Crippen LogP contribution in [0.1, 0.15) is 52.6 Å². The molecule has 0 fully saturated rings. The fraction of sp³-hybridized carbons (Fsp3) is 0.700. The fourth-order valence-corrected chi connectivity index (χ4v) is 4.63. The van der Waals surface area contributed by atoms with E-state index in [0.717, 1.165) is 0 Å². The zero-order valence-corrected chi connectivity index (χ0v) is 19.8. The molecule has 0 heterocycles. The van der Waals surface area contributed by atoms with Crippen molar-refractivity contribution in [2.75, 3.05) is 0 Å². The molecule has 1 N–H and O–H groups in total. The van der Waals surface area contributed by atoms with Gasteiger partial charge in [-0.05, 0) is 48.5 Å². The van der Waals surface area contributed by atoms with Crippen LogP contribution in [0.2, 0.25) is 13.1 Å². The van der Waals surface area contributed by atoms with Crippen molar-refractivity contribution in [1.29, 1.82) is 0 Å². The molecule has 3 atom stereocenters. The van der Waals surface area contributed by atoms with Crippen LogP contribution in [-0.2, 0) is 4.43 Å². The first-order chi connectivity index (χ1) is 12.2. The highest BCUT2D eigenvalue weighted by Crippen LogP contribution is 2.37. The van der Waals surface area contributed by atoms with Crippen molar-refractivity contribution in [1.82, 2.24) is 5.32 Å². The van der Waals surface area contributed by atoms with Crippen LogP contribution in [0.15, 0.2) is 28.7 Å². The number of hydrogen-bond acceptors (Lipinski definition) is 2. The van der Waals surface area contributed by atoms with Crippen molar-refractivity contribution in [2.45, 2.75) is 78.5 Å². The first-order valence-electron chi connectivity index (χ1n) is 9.27. The average Bonchev–Trinajstić information content (AvgIpc) is 2.46. The molecule has 2 nitrogen and oxygen atoms in total. The molecule has 0 spiro atoms. The molecule has 0 aromatic heterocycles. The van der Waals surface area contributed by atoms with Gasteiger partial charge in [0.25, 0.3) is 0 Å². The fourth-order valence-electron chi connectivity index (χ4n) is 3.18. The van der Waals surface area contributed by atoms with E-state index in [1.807, 2.05) is 47.7 Å². The van der Waals surface area contributed by atoms with Gasteiger partial charge >= 0.3 is 6.18 Å². The zero-order chi connectivity index (χ0) is 21.0. The minimum atomic E-state index is -4.40. The first-order valence-corrected chi connectivity index (χ1v) is 12.5. The van der Waals surface area contributed by atoms with E-state index >= 15 is 0 Å². The highest BCUT2D eigenvalue weighted by Gasteiger charge is 2.44. The van der Waals surface area contributed by atoms with Crippen LogP contribution < -0.4 is 5.32 Å². The van der Waals surface area contributed by atoms with Crippen LogP contribution in [0.4, 0.5) is 13.2 Å². The lowest BCUT2D eigenvalue weighted by Gasteiger charge is -2.41. The Labute approximate surface area is 172 Å². The predicted molar refractivity (Wildman–Crippen MR) is 111 cm³/mol. The van der Waals surface area contributed by atoms with Gasteiger partial charge in [-0.1, -0.05) is 62.7 Å². The summed E-state index contributed by atoms with van der Waals surface area (Å²) in [6, 6.07) is 4.26. The number of benzene rings is 1. The number of rotatable bonds is 8. The number of halogens is 4. The van der Waals surface area contributed by atoms with Gasteiger partial charge in [-0.2, -0.15) is 13.2 Å². The van der Waals surface area contributed by atoms with Crippen LogP contribution in [0.25, 0.3) is 0 Å². The predicted octanol–water partition coefficient (Wildman–Crippen LogP) is 6.74. The van der Waals surface area contributed by atoms with Gasteiger partial charge in [-0.25, -0.2) is 0 Å². The van der Waals surface area contributed by atoms with Crippen LogP contribution in [0.3, 0.4) is 0 Å². The summed E-state index contributed by atoms with van der Waals surface area (Å²) in [5, 5.41) is 2.93. The minimum Gasteiger partial charge on any atom is -0.412 e. The molecule has 7 heteroatoms. The van der Waals surface area contributed by atoms with E-state index in [0.29, 0.717) is 10.9 Å². The Balaban J connectivity index is 3.30. The van der Waals surface area contributed by atoms with Gasteiger partial charge in [0.2, 0.25) is 9.04 Å². The number of hydrogen-bond donors (Lipinski definition) is 1. The van der Waals surface area contributed by atoms with Crippen LogP contribution in [0.5, 0.6) is 0 Å². The van der Waals surface area contributed by atoms with E-state index in [1.54, 1.807) is 12.1 Å². The van der Waals surface area contributed by atoms with Gasteiger partial charge in [-0.15, -0.1) is 0 Å². The number of nitrogens with one attached hydrogen (secondary N) is 1. The molecule has 1 radical (unpaired) electrons. The number of alkyl halides is 3. The second-order valence-electron chi connectivity index (χ2n) is 8.75. The molecule has 0 amide bonds. The molecule has 1 unspecified atom stereocenters. The minimum absolute atomic E-state index is 0.205. The maximum absolute atomic E-state index is 13.9. The van der Waals surface area contributed by atoms with Crippen molar-refractivity contribution < 1.29 is 17.6 Å². The molecular weight excluding hydrogens is 435 g/mol. The molecule has 0 saturated heterocycles. The van der Waals surface area contributed by atoms with E-state index in [-0.39, 0.29) is 23.0 Å². The van der Waals surface area contributed by atoms with Crippen LogP contribution >= 0.6 is 15.9 Å². The van der Waals surface area contributed by atoms with Crippen LogP contribution in [0, 0.1) is 11.3 Å². The van der Waals surface area contributed by atoms with Gasteiger partial charge in [0.1, 0.15) is 6.04 Å². The SMILES string of the molecule is CC(C)C[C@H](N[C@@H](c1cccc(Br)c1)C(F)(F)F)C(O[Si](C)C)C(C)(C)C. The Morgan fingerprint density at radius 3 is 2.15 bits per heavy atom. The molecule has 0 aliphatic heterocycles. The summed E-state index contributed by atoms with van der Waals surface area (Å²) in [6.07, 6.45) is -4.09. The second kappa shape index (κ2) is 9.90. The third kappa shape index (κ3) is 8.26. The third-order valence-electron chi connectivity index (χ3n) is 4.20. The average molecular weight is 467 g/mol. The highest BCUT2D eigenvalue weighted by molar-refractivity contribution is 9.10. The Bertz CT molecular complexity index is 587. The molecule has 0 aliphatic carbocycles. The molecule has 0 bridgehead atoms. The third-order valence-corrected chi connectivity index (χ3v) is 5.42. The van der Waals surface area contributed by atoms with Crippen molar-refractivity contribution in [3.05, 3.63) is 34.3 Å². The summed E-state index contributed by atoms with van der Waals surface area (Å²) < 4.78 is 48.7. The van der Waals surface area contributed by atoms with Crippen molar-refractivity contribution in [2.24, 2.45) is 11.3 Å². The Morgan fingerprint density at radius 1 is 1.15 bits per heavy atom. The van der Waals surface area contributed by atoms with E-state index in [9.17, 15) is 13.2 Å². The topological polar surface area (TPSA) is 21.3 Å². The summed E-state index contributed by atoms with van der Waals surface area (Å²) in [7, 11) is -1.07. The maximum atomic E-state index is 13.9. The van der Waals surface area contributed by atoms with E-state index in [2.05, 4.69) is 21.2 Å². The quantitative estimate of drug-likeness (QED) is 0.428. The zero-order valence-electron chi connectivity index (χ0n) is 17.2. The van der Waals surface area contributed by atoms with Gasteiger partial charge < -0.3 is 4.43 Å². The smallest absolute Gasteiger partial charge is 0.407 e. The molecule has 1 aromatic rings. The van der Waals surface area contributed by atoms with Gasteiger partial charge in [0.15, 0.2) is 0 Å². The second-order valence-corrected chi connectivity index (χ2v) is 11.7. The van der Waals surface area contributed by atoms with Crippen LogP contribution in [-0.4, -0.2) is 27.4 Å². The standard InChI is InChI=1S/C20H32BrF3NOSi/c1-13(2)11-16(18(19(3,4)5)26-27(6)7)25-17(20(22,23)24)14-9-8-10-15(21)12-14/h8-10,12-13,16-18,25H,11H2,1-7H3/t16-,17-,18?/m0/s1. The molecule has 1 aromatic carbocycles. The maximum Gasteiger partial charge on any atom is 0.407 e. The first kappa shape index (κ1) is 24.7. The molecular formula is C20H32BrF3NOSi. The molecule has 0 aliphatic rings. The largest absolute Gasteiger partial charge is 0.412 e. The Morgan fingerprint density at radius 2 is 1.74 bits per heavy atom. The van der Waals surface area contributed by atoms with Gasteiger partial charge in [0.05, 0.1) is 6.10 Å². The summed E-state index contributed by atoms with van der Waals surface area (Å²) in [5.41, 5.74) is -0.0705. The molecule has 0 saturated carbocycles. The van der Waals surface area contributed by atoms with Gasteiger partial charge in [0, 0.05) is 10.5 Å². The van der Waals surface area contributed by atoms with E-state index < -0.39 is 27.3 Å². The molecule has 155 valence electrons. The normalized spacial score (nSPS) is 16.6. The van der Waals surface area contributed by atoms with Gasteiger partial charge in [-0.3, -0.25) is 5.32 Å². The van der Waals surface area contributed by atoms with Crippen molar-refractivity contribution >= 4 is 25.0 Å².